The van der Waals surface area contributed by atoms with Gasteiger partial charge in [-0.05, 0) is 25.1 Å². The lowest BCUT2D eigenvalue weighted by Crippen LogP contribution is -1.97. The van der Waals surface area contributed by atoms with Crippen LogP contribution in [0.5, 0.6) is 5.88 Å². The van der Waals surface area contributed by atoms with Crippen molar-refractivity contribution < 1.29 is 4.74 Å². The Hall–Kier alpha value is -2.42. The first kappa shape index (κ1) is 11.7. The summed E-state index contributed by atoms with van der Waals surface area (Å²) >= 11 is 0. The molecule has 0 bridgehead atoms. The lowest BCUT2D eigenvalue weighted by molar-refractivity contribution is 0.328. The van der Waals surface area contributed by atoms with E-state index in [1.165, 1.54) is 0 Å². The van der Waals surface area contributed by atoms with E-state index in [4.69, 9.17) is 4.74 Å². The molecule has 0 saturated heterocycles. The van der Waals surface area contributed by atoms with Crippen LogP contribution in [-0.4, -0.2) is 16.6 Å². The summed E-state index contributed by atoms with van der Waals surface area (Å²) in [6.45, 7) is 2.56. The largest absolute Gasteiger partial charge is 0.478 e. The van der Waals surface area contributed by atoms with Gasteiger partial charge in [-0.2, -0.15) is 0 Å². The lowest BCUT2D eigenvalue weighted by Gasteiger charge is -2.10. The van der Waals surface area contributed by atoms with E-state index < -0.39 is 0 Å². The van der Waals surface area contributed by atoms with Crippen molar-refractivity contribution in [2.45, 2.75) is 6.92 Å². The maximum absolute atomic E-state index is 5.60. The first-order valence-electron chi connectivity index (χ1n) is 6.32. The third-order valence-electron chi connectivity index (χ3n) is 2.98. The monoisotopic (exact) mass is 250 g/mol. The van der Waals surface area contributed by atoms with Crippen LogP contribution in [0.4, 0.5) is 0 Å². The number of hydrogen-bond donors (Lipinski definition) is 0. The summed E-state index contributed by atoms with van der Waals surface area (Å²) in [5.41, 5.74) is 3.00. The summed E-state index contributed by atoms with van der Waals surface area (Å²) in [4.78, 5) is 8.78. The highest BCUT2D eigenvalue weighted by Gasteiger charge is 2.10. The Kier molecular flexibility index (Phi) is 3.11. The standard InChI is InChI=1S/C16H14N2O/c1-2-19-16-14(9-5-11-18-16)13-8-3-6-12-7-4-10-17-15(12)13/h3-11H,2H2,1H3. The van der Waals surface area contributed by atoms with Gasteiger partial charge in [0.05, 0.1) is 12.1 Å². The van der Waals surface area contributed by atoms with Crippen molar-refractivity contribution in [3.8, 4) is 17.0 Å². The summed E-state index contributed by atoms with van der Waals surface area (Å²) in [6, 6.07) is 14.1. The van der Waals surface area contributed by atoms with Crippen LogP contribution in [0, 0.1) is 0 Å². The van der Waals surface area contributed by atoms with E-state index in [1.807, 2.05) is 37.4 Å². The Morgan fingerprint density at radius 3 is 2.53 bits per heavy atom. The number of benzene rings is 1. The van der Waals surface area contributed by atoms with Gasteiger partial charge in [-0.25, -0.2) is 4.98 Å². The van der Waals surface area contributed by atoms with Crippen LogP contribution in [0.1, 0.15) is 6.92 Å². The summed E-state index contributed by atoms with van der Waals surface area (Å²) in [5.74, 6) is 0.656. The minimum absolute atomic E-state index is 0.599. The second kappa shape index (κ2) is 5.06. The molecule has 0 aliphatic rings. The van der Waals surface area contributed by atoms with Gasteiger partial charge in [0.25, 0.3) is 0 Å². The molecule has 0 aliphatic heterocycles. The molecule has 3 aromatic rings. The predicted molar refractivity (Wildman–Crippen MR) is 76.1 cm³/mol. The van der Waals surface area contributed by atoms with Crippen molar-refractivity contribution in [3.05, 3.63) is 54.9 Å². The van der Waals surface area contributed by atoms with Crippen LogP contribution in [0.15, 0.2) is 54.9 Å². The van der Waals surface area contributed by atoms with Crippen molar-refractivity contribution in [2.75, 3.05) is 6.61 Å². The number of fused-ring (bicyclic) bond motifs is 1. The fourth-order valence-electron chi connectivity index (χ4n) is 2.17. The zero-order valence-corrected chi connectivity index (χ0v) is 10.7. The SMILES string of the molecule is CCOc1ncccc1-c1cccc2cccnc12. The maximum atomic E-state index is 5.60. The fourth-order valence-corrected chi connectivity index (χ4v) is 2.17. The van der Waals surface area contributed by atoms with E-state index in [9.17, 15) is 0 Å². The molecule has 0 radical (unpaired) electrons. The summed E-state index contributed by atoms with van der Waals surface area (Å²) < 4.78 is 5.60. The number of para-hydroxylation sites is 1. The molecule has 1 aromatic carbocycles. The second-order valence-corrected chi connectivity index (χ2v) is 4.17. The normalized spacial score (nSPS) is 10.6. The smallest absolute Gasteiger partial charge is 0.221 e. The summed E-state index contributed by atoms with van der Waals surface area (Å²) in [5, 5.41) is 1.12. The molecule has 3 rings (SSSR count). The number of hydrogen-bond acceptors (Lipinski definition) is 3. The molecule has 2 heterocycles. The predicted octanol–water partition coefficient (Wildman–Crippen LogP) is 3.70. The number of aromatic nitrogens is 2. The van der Waals surface area contributed by atoms with Gasteiger partial charge in [0, 0.05) is 28.9 Å². The van der Waals surface area contributed by atoms with E-state index in [-0.39, 0.29) is 0 Å². The number of ether oxygens (including phenoxy) is 1. The van der Waals surface area contributed by atoms with Gasteiger partial charge in [-0.3, -0.25) is 4.98 Å². The molecule has 0 atom stereocenters. The number of pyridine rings is 2. The quantitative estimate of drug-likeness (QED) is 0.711. The first-order chi connectivity index (χ1) is 9.40. The third kappa shape index (κ3) is 2.15. The zero-order chi connectivity index (χ0) is 13.1. The zero-order valence-electron chi connectivity index (χ0n) is 10.7. The van der Waals surface area contributed by atoms with Gasteiger partial charge in [0.2, 0.25) is 5.88 Å². The molecule has 0 amide bonds. The van der Waals surface area contributed by atoms with Gasteiger partial charge < -0.3 is 4.74 Å². The Morgan fingerprint density at radius 2 is 1.63 bits per heavy atom. The van der Waals surface area contributed by atoms with Gasteiger partial charge in [-0.15, -0.1) is 0 Å². The lowest BCUT2D eigenvalue weighted by atomic mass is 10.0. The Morgan fingerprint density at radius 1 is 0.895 bits per heavy atom. The molecule has 0 aliphatic carbocycles. The van der Waals surface area contributed by atoms with Crippen LogP contribution in [0.25, 0.3) is 22.0 Å². The molecule has 0 unspecified atom stereocenters. The molecular formula is C16H14N2O. The average molecular weight is 250 g/mol. The first-order valence-corrected chi connectivity index (χ1v) is 6.32. The van der Waals surface area contributed by atoms with E-state index in [0.29, 0.717) is 12.5 Å². The molecule has 0 spiro atoms. The summed E-state index contributed by atoms with van der Waals surface area (Å²) in [7, 11) is 0. The summed E-state index contributed by atoms with van der Waals surface area (Å²) in [6.07, 6.45) is 3.55. The fraction of sp³-hybridized carbons (Fsp3) is 0.125. The van der Waals surface area contributed by atoms with Crippen molar-refractivity contribution in [3.63, 3.8) is 0 Å². The molecule has 0 saturated carbocycles. The molecule has 19 heavy (non-hydrogen) atoms. The van der Waals surface area contributed by atoms with Crippen LogP contribution in [0.3, 0.4) is 0 Å². The van der Waals surface area contributed by atoms with Gasteiger partial charge in [-0.1, -0.05) is 24.3 Å². The Bertz CT molecular complexity index is 704. The second-order valence-electron chi connectivity index (χ2n) is 4.17. The molecule has 0 N–H and O–H groups in total. The average Bonchev–Trinajstić information content (AvgIpc) is 2.48. The van der Waals surface area contributed by atoms with E-state index in [1.54, 1.807) is 6.20 Å². The Balaban J connectivity index is 2.25. The van der Waals surface area contributed by atoms with Crippen molar-refractivity contribution in [2.24, 2.45) is 0 Å². The van der Waals surface area contributed by atoms with Gasteiger partial charge >= 0.3 is 0 Å². The van der Waals surface area contributed by atoms with Crippen LogP contribution in [-0.2, 0) is 0 Å². The molecule has 3 heteroatoms. The molecular weight excluding hydrogens is 236 g/mol. The van der Waals surface area contributed by atoms with Gasteiger partial charge in [0.1, 0.15) is 0 Å². The molecule has 0 fully saturated rings. The molecule has 3 nitrogen and oxygen atoms in total. The number of nitrogens with zero attached hydrogens (tertiary/aromatic N) is 2. The molecule has 94 valence electrons. The number of rotatable bonds is 3. The van der Waals surface area contributed by atoms with E-state index in [0.717, 1.165) is 22.0 Å². The Labute approximate surface area is 111 Å². The highest BCUT2D eigenvalue weighted by molar-refractivity contribution is 5.94. The van der Waals surface area contributed by atoms with Crippen molar-refractivity contribution >= 4 is 10.9 Å². The van der Waals surface area contributed by atoms with Crippen molar-refractivity contribution in [1.29, 1.82) is 0 Å². The van der Waals surface area contributed by atoms with Crippen molar-refractivity contribution in [1.82, 2.24) is 9.97 Å². The van der Waals surface area contributed by atoms with E-state index in [2.05, 4.69) is 28.2 Å². The molecule has 2 aromatic heterocycles. The van der Waals surface area contributed by atoms with Crippen LogP contribution < -0.4 is 4.74 Å². The van der Waals surface area contributed by atoms with E-state index >= 15 is 0 Å². The van der Waals surface area contributed by atoms with Crippen LogP contribution >= 0.6 is 0 Å². The highest BCUT2D eigenvalue weighted by Crippen LogP contribution is 2.32. The van der Waals surface area contributed by atoms with Crippen LogP contribution in [0.2, 0.25) is 0 Å². The highest BCUT2D eigenvalue weighted by atomic mass is 16.5. The minimum atomic E-state index is 0.599. The third-order valence-corrected chi connectivity index (χ3v) is 2.98. The maximum Gasteiger partial charge on any atom is 0.221 e. The minimum Gasteiger partial charge on any atom is -0.478 e. The topological polar surface area (TPSA) is 35.0 Å². The van der Waals surface area contributed by atoms with Gasteiger partial charge in [0.15, 0.2) is 0 Å².